The lowest BCUT2D eigenvalue weighted by atomic mass is 10.2. The molecule has 0 aromatic heterocycles. The third-order valence-electron chi connectivity index (χ3n) is 4.02. The van der Waals surface area contributed by atoms with E-state index in [-0.39, 0.29) is 12.2 Å². The first-order valence-corrected chi connectivity index (χ1v) is 8.38. The third kappa shape index (κ3) is 4.70. The van der Waals surface area contributed by atoms with E-state index in [1.54, 1.807) is 0 Å². The number of hydrogen-bond donors (Lipinski definition) is 0. The van der Waals surface area contributed by atoms with Gasteiger partial charge in [-0.15, -0.1) is 0 Å². The van der Waals surface area contributed by atoms with E-state index in [0.717, 1.165) is 11.1 Å². The first-order chi connectivity index (χ1) is 13.2. The fraction of sp³-hybridized carbons (Fsp3) is 0.0952. The quantitative estimate of drug-likeness (QED) is 0.339. The van der Waals surface area contributed by atoms with Gasteiger partial charge in [0, 0.05) is 12.1 Å². The summed E-state index contributed by atoms with van der Waals surface area (Å²) < 4.78 is 5.86. The number of rotatable bonds is 8. The molecule has 0 spiro atoms. The molecule has 0 saturated heterocycles. The number of hydrogen-bond acceptors (Lipinski definition) is 4. The number of nitro groups is 1. The summed E-state index contributed by atoms with van der Waals surface area (Å²) in [5.74, 6) is 0.410. The topological polar surface area (TPSA) is 72.7 Å². The Balaban J connectivity index is 1.90. The highest BCUT2D eigenvalue weighted by Gasteiger charge is 2.18. The summed E-state index contributed by atoms with van der Waals surface area (Å²) in [6.45, 7) is 0.580. The number of nitrogens with zero attached hydrogens (tertiary/aromatic N) is 2. The fourth-order valence-corrected chi connectivity index (χ4v) is 2.66. The molecule has 0 heterocycles. The monoisotopic (exact) mass is 362 g/mol. The standard InChI is InChI=1S/C21H18N2O4/c24-16-22(14-17-7-3-1-4-8-17)20-13-19(23(25)26)11-12-21(20)27-15-18-9-5-2-6-10-18/h1-13,16H,14-15H2. The lowest BCUT2D eigenvalue weighted by molar-refractivity contribution is -0.384. The van der Waals surface area contributed by atoms with Gasteiger partial charge in [0.25, 0.3) is 5.69 Å². The average Bonchev–Trinajstić information content (AvgIpc) is 2.72. The van der Waals surface area contributed by atoms with E-state index in [0.29, 0.717) is 24.5 Å². The van der Waals surface area contributed by atoms with Crippen molar-refractivity contribution in [3.8, 4) is 5.75 Å². The molecule has 0 fully saturated rings. The van der Waals surface area contributed by atoms with Crippen molar-refractivity contribution in [3.63, 3.8) is 0 Å². The van der Waals surface area contributed by atoms with Crippen LogP contribution < -0.4 is 9.64 Å². The van der Waals surface area contributed by atoms with E-state index in [1.807, 2.05) is 60.7 Å². The summed E-state index contributed by atoms with van der Waals surface area (Å²) in [7, 11) is 0. The van der Waals surface area contributed by atoms with Crippen LogP contribution in [0.1, 0.15) is 11.1 Å². The zero-order chi connectivity index (χ0) is 19.1. The number of carbonyl (C=O) groups is 1. The summed E-state index contributed by atoms with van der Waals surface area (Å²) >= 11 is 0. The van der Waals surface area contributed by atoms with Crippen LogP contribution in [-0.4, -0.2) is 11.3 Å². The molecule has 0 saturated carbocycles. The van der Waals surface area contributed by atoms with Crippen molar-refractivity contribution in [2.24, 2.45) is 0 Å². The van der Waals surface area contributed by atoms with Gasteiger partial charge in [-0.2, -0.15) is 0 Å². The number of nitro benzene ring substituents is 1. The van der Waals surface area contributed by atoms with Gasteiger partial charge in [0.2, 0.25) is 6.41 Å². The molecule has 6 heteroatoms. The lowest BCUT2D eigenvalue weighted by Crippen LogP contribution is -2.21. The predicted molar refractivity (Wildman–Crippen MR) is 103 cm³/mol. The Hall–Kier alpha value is -3.67. The third-order valence-corrected chi connectivity index (χ3v) is 4.02. The molecule has 0 aliphatic heterocycles. The van der Waals surface area contributed by atoms with E-state index >= 15 is 0 Å². The molecular formula is C21H18N2O4. The van der Waals surface area contributed by atoms with Crippen LogP contribution in [0, 0.1) is 10.1 Å². The van der Waals surface area contributed by atoms with Gasteiger partial charge in [-0.3, -0.25) is 14.9 Å². The molecule has 0 radical (unpaired) electrons. The predicted octanol–water partition coefficient (Wildman–Crippen LogP) is 4.34. The molecule has 6 nitrogen and oxygen atoms in total. The summed E-state index contributed by atoms with van der Waals surface area (Å²) in [5, 5.41) is 11.2. The van der Waals surface area contributed by atoms with Crippen LogP contribution in [0.25, 0.3) is 0 Å². The van der Waals surface area contributed by atoms with Gasteiger partial charge in [0.05, 0.1) is 17.2 Å². The maximum atomic E-state index is 11.7. The van der Waals surface area contributed by atoms with E-state index in [9.17, 15) is 14.9 Å². The molecule has 0 atom stereocenters. The summed E-state index contributed by atoms with van der Waals surface area (Å²) in [4.78, 5) is 23.8. The second kappa shape index (κ2) is 8.62. The van der Waals surface area contributed by atoms with E-state index in [2.05, 4.69) is 0 Å². The molecular weight excluding hydrogens is 344 g/mol. The maximum absolute atomic E-state index is 11.7. The van der Waals surface area contributed by atoms with Crippen molar-refractivity contribution in [2.45, 2.75) is 13.2 Å². The molecule has 0 aliphatic carbocycles. The second-order valence-corrected chi connectivity index (χ2v) is 5.90. The first-order valence-electron chi connectivity index (χ1n) is 8.38. The van der Waals surface area contributed by atoms with Crippen molar-refractivity contribution in [3.05, 3.63) is 100 Å². The zero-order valence-corrected chi connectivity index (χ0v) is 14.5. The smallest absolute Gasteiger partial charge is 0.271 e. The molecule has 27 heavy (non-hydrogen) atoms. The van der Waals surface area contributed by atoms with Crippen LogP contribution in [0.2, 0.25) is 0 Å². The van der Waals surface area contributed by atoms with Crippen molar-refractivity contribution in [1.29, 1.82) is 0 Å². The number of anilines is 1. The Morgan fingerprint density at radius 3 is 2.15 bits per heavy atom. The van der Waals surface area contributed by atoms with Crippen molar-refractivity contribution >= 4 is 17.8 Å². The van der Waals surface area contributed by atoms with Gasteiger partial charge in [0.1, 0.15) is 12.4 Å². The highest BCUT2D eigenvalue weighted by atomic mass is 16.6. The van der Waals surface area contributed by atoms with Crippen LogP contribution in [-0.2, 0) is 17.9 Å². The first kappa shape index (κ1) is 18.1. The Labute approximate surface area is 156 Å². The van der Waals surface area contributed by atoms with Gasteiger partial charge in [-0.25, -0.2) is 0 Å². The fourth-order valence-electron chi connectivity index (χ4n) is 2.66. The van der Waals surface area contributed by atoms with Gasteiger partial charge in [-0.1, -0.05) is 60.7 Å². The minimum atomic E-state index is -0.490. The number of carbonyl (C=O) groups excluding carboxylic acids is 1. The van der Waals surface area contributed by atoms with Gasteiger partial charge in [0.15, 0.2) is 0 Å². The molecule has 1 amide bonds. The Kier molecular flexibility index (Phi) is 5.79. The van der Waals surface area contributed by atoms with Gasteiger partial charge < -0.3 is 9.64 Å². The Bertz CT molecular complexity index is 914. The van der Waals surface area contributed by atoms with Crippen LogP contribution in [0.4, 0.5) is 11.4 Å². The highest BCUT2D eigenvalue weighted by Crippen LogP contribution is 2.33. The Morgan fingerprint density at radius 1 is 0.926 bits per heavy atom. The molecule has 0 N–H and O–H groups in total. The molecule has 3 aromatic rings. The average molecular weight is 362 g/mol. The summed E-state index contributed by atoms with van der Waals surface area (Å²) in [6, 6.07) is 23.2. The highest BCUT2D eigenvalue weighted by molar-refractivity contribution is 5.80. The van der Waals surface area contributed by atoms with Crippen LogP contribution in [0.5, 0.6) is 5.75 Å². The normalized spacial score (nSPS) is 10.2. The van der Waals surface area contributed by atoms with Crippen LogP contribution in [0.3, 0.4) is 0 Å². The van der Waals surface area contributed by atoms with Crippen molar-refractivity contribution < 1.29 is 14.5 Å². The summed E-state index contributed by atoms with van der Waals surface area (Å²) in [5.41, 5.74) is 2.13. The number of ether oxygens (including phenoxy) is 1. The van der Waals surface area contributed by atoms with Gasteiger partial charge in [-0.05, 0) is 17.2 Å². The number of amides is 1. The van der Waals surface area contributed by atoms with Crippen LogP contribution in [0.15, 0.2) is 78.9 Å². The molecule has 0 unspecified atom stereocenters. The molecule has 0 bridgehead atoms. The molecule has 3 rings (SSSR count). The van der Waals surface area contributed by atoms with Crippen molar-refractivity contribution in [1.82, 2.24) is 0 Å². The van der Waals surface area contributed by atoms with Crippen molar-refractivity contribution in [2.75, 3.05) is 4.90 Å². The second-order valence-electron chi connectivity index (χ2n) is 5.90. The molecule has 136 valence electrons. The van der Waals surface area contributed by atoms with E-state index < -0.39 is 4.92 Å². The lowest BCUT2D eigenvalue weighted by Gasteiger charge is -2.21. The summed E-state index contributed by atoms with van der Waals surface area (Å²) in [6.07, 6.45) is 0.654. The minimum absolute atomic E-state index is 0.100. The van der Waals surface area contributed by atoms with Gasteiger partial charge >= 0.3 is 0 Å². The maximum Gasteiger partial charge on any atom is 0.271 e. The van der Waals surface area contributed by atoms with Crippen LogP contribution >= 0.6 is 0 Å². The Morgan fingerprint density at radius 2 is 1.56 bits per heavy atom. The molecule has 3 aromatic carbocycles. The number of non-ortho nitro benzene ring substituents is 1. The number of benzene rings is 3. The SMILES string of the molecule is O=CN(Cc1ccccc1)c1cc([N+](=O)[O-])ccc1OCc1ccccc1. The van der Waals surface area contributed by atoms with E-state index in [4.69, 9.17) is 4.74 Å². The molecule has 0 aliphatic rings. The largest absolute Gasteiger partial charge is 0.487 e. The zero-order valence-electron chi connectivity index (χ0n) is 14.5. The minimum Gasteiger partial charge on any atom is -0.487 e. The van der Waals surface area contributed by atoms with E-state index in [1.165, 1.54) is 23.1 Å².